The van der Waals surface area contributed by atoms with Gasteiger partial charge in [0.1, 0.15) is 22.9 Å². The minimum atomic E-state index is -0.708. The number of hydrogen-bond acceptors (Lipinski definition) is 6. The van der Waals surface area contributed by atoms with Gasteiger partial charge in [0, 0.05) is 49.8 Å². The van der Waals surface area contributed by atoms with Crippen molar-refractivity contribution in [2.45, 2.75) is 25.0 Å². The third-order valence-corrected chi connectivity index (χ3v) is 6.62. The molecule has 0 bridgehead atoms. The van der Waals surface area contributed by atoms with Crippen LogP contribution >= 0.6 is 0 Å². The number of methoxy groups -OCH3 is 2. The average molecular weight is 477 g/mol. The highest BCUT2D eigenvalue weighted by Gasteiger charge is 2.48. The van der Waals surface area contributed by atoms with Crippen molar-refractivity contribution in [1.82, 2.24) is 10.2 Å². The van der Waals surface area contributed by atoms with Gasteiger partial charge in [-0.1, -0.05) is 12.1 Å². The first-order valence-corrected chi connectivity index (χ1v) is 11.5. The van der Waals surface area contributed by atoms with Crippen molar-refractivity contribution in [2.75, 3.05) is 37.5 Å². The molecule has 2 aromatic carbocycles. The molecule has 0 aliphatic carbocycles. The number of nitrogens with one attached hydrogen (secondary N) is 2. The van der Waals surface area contributed by atoms with Gasteiger partial charge >= 0.3 is 6.03 Å². The van der Waals surface area contributed by atoms with Crippen LogP contribution < -0.4 is 25.0 Å². The minimum absolute atomic E-state index is 0.106. The summed E-state index contributed by atoms with van der Waals surface area (Å²) in [5, 5.41) is 6.53. The lowest BCUT2D eigenvalue weighted by Crippen LogP contribution is -2.65. The van der Waals surface area contributed by atoms with Gasteiger partial charge in [0.05, 0.1) is 38.3 Å². The molecule has 1 saturated heterocycles. The smallest absolute Gasteiger partial charge is 0.317 e. The van der Waals surface area contributed by atoms with Gasteiger partial charge in [-0.3, -0.25) is 9.69 Å². The summed E-state index contributed by atoms with van der Waals surface area (Å²) in [6.07, 6.45) is 2.67. The molecule has 0 atom stereocenters. The van der Waals surface area contributed by atoms with Gasteiger partial charge in [0.15, 0.2) is 0 Å². The van der Waals surface area contributed by atoms with Crippen LogP contribution in [0, 0.1) is 0 Å². The number of piperidine rings is 1. The molecule has 1 spiro atoms. The third-order valence-electron chi connectivity index (χ3n) is 6.62. The Balaban J connectivity index is 1.43. The maximum absolute atomic E-state index is 13.8. The van der Waals surface area contributed by atoms with Crippen LogP contribution in [0.5, 0.6) is 11.5 Å². The number of carbonyl (C=O) groups is 2. The zero-order valence-electron chi connectivity index (χ0n) is 19.7. The van der Waals surface area contributed by atoms with Crippen molar-refractivity contribution < 1.29 is 23.5 Å². The number of fused-ring (bicyclic) bond motifs is 1. The fourth-order valence-electron chi connectivity index (χ4n) is 4.80. The van der Waals surface area contributed by atoms with E-state index in [0.29, 0.717) is 61.0 Å². The maximum atomic E-state index is 13.8. The van der Waals surface area contributed by atoms with E-state index in [1.54, 1.807) is 42.4 Å². The number of amides is 3. The van der Waals surface area contributed by atoms with E-state index in [1.165, 1.54) is 0 Å². The Kier molecular flexibility index (Phi) is 5.98. The number of urea groups is 1. The summed E-state index contributed by atoms with van der Waals surface area (Å²) in [6, 6.07) is 16.4. The Hall–Kier alpha value is -4.14. The predicted molar refractivity (Wildman–Crippen MR) is 131 cm³/mol. The largest absolute Gasteiger partial charge is 0.497 e. The maximum Gasteiger partial charge on any atom is 0.317 e. The highest BCUT2D eigenvalue weighted by molar-refractivity contribution is 6.13. The first kappa shape index (κ1) is 22.6. The molecule has 35 heavy (non-hydrogen) atoms. The van der Waals surface area contributed by atoms with Crippen LogP contribution in [0.15, 0.2) is 65.3 Å². The molecule has 9 heteroatoms. The van der Waals surface area contributed by atoms with E-state index in [-0.39, 0.29) is 11.9 Å². The van der Waals surface area contributed by atoms with Gasteiger partial charge in [-0.25, -0.2) is 4.79 Å². The average Bonchev–Trinajstić information content (AvgIpc) is 3.41. The van der Waals surface area contributed by atoms with Crippen molar-refractivity contribution in [3.05, 3.63) is 72.2 Å². The lowest BCUT2D eigenvalue weighted by atomic mass is 9.89. The number of ether oxygens (including phenoxy) is 2. The molecule has 1 fully saturated rings. The highest BCUT2D eigenvalue weighted by atomic mass is 16.5. The lowest BCUT2D eigenvalue weighted by molar-refractivity contribution is 0.0920. The summed E-state index contributed by atoms with van der Waals surface area (Å²) in [5.41, 5.74) is 1.35. The molecule has 2 aliphatic heterocycles. The van der Waals surface area contributed by atoms with E-state index in [9.17, 15) is 9.59 Å². The Morgan fingerprint density at radius 1 is 1.06 bits per heavy atom. The number of rotatable bonds is 5. The first-order valence-electron chi connectivity index (χ1n) is 11.5. The predicted octanol–water partition coefficient (Wildman–Crippen LogP) is 4.07. The fourth-order valence-corrected chi connectivity index (χ4v) is 4.80. The van der Waals surface area contributed by atoms with Crippen molar-refractivity contribution in [3.8, 4) is 11.5 Å². The molecule has 0 radical (unpaired) electrons. The van der Waals surface area contributed by atoms with Crippen LogP contribution in [0.2, 0.25) is 0 Å². The van der Waals surface area contributed by atoms with Crippen LogP contribution in [-0.2, 0) is 6.54 Å². The van der Waals surface area contributed by atoms with Crippen molar-refractivity contribution in [2.24, 2.45) is 0 Å². The number of hydrogen-bond donors (Lipinski definition) is 2. The highest BCUT2D eigenvalue weighted by Crippen LogP contribution is 2.42. The lowest BCUT2D eigenvalue weighted by Gasteiger charge is -2.52. The van der Waals surface area contributed by atoms with Gasteiger partial charge in [0.25, 0.3) is 5.91 Å². The molecule has 3 heterocycles. The number of anilines is 2. The van der Waals surface area contributed by atoms with Crippen molar-refractivity contribution >= 4 is 23.3 Å². The SMILES string of the molecule is COc1cc(OC)cc(N2C(=O)c3ccccc3NC23CCN(C(=O)NCc2ccco2)CC3)c1. The Morgan fingerprint density at radius 2 is 1.77 bits per heavy atom. The third kappa shape index (κ3) is 4.25. The Bertz CT molecular complexity index is 1200. The normalized spacial score (nSPS) is 16.5. The number of nitrogens with zero attached hydrogens (tertiary/aromatic N) is 2. The summed E-state index contributed by atoms with van der Waals surface area (Å²) in [4.78, 5) is 30.2. The van der Waals surface area contributed by atoms with Crippen LogP contribution in [-0.4, -0.2) is 49.8 Å². The number of furan rings is 1. The Morgan fingerprint density at radius 3 is 2.43 bits per heavy atom. The van der Waals surface area contributed by atoms with Crippen LogP contribution in [0.1, 0.15) is 29.0 Å². The second kappa shape index (κ2) is 9.25. The van der Waals surface area contributed by atoms with Crippen LogP contribution in [0.25, 0.3) is 0 Å². The molecule has 182 valence electrons. The summed E-state index contributed by atoms with van der Waals surface area (Å²) < 4.78 is 16.2. The van der Waals surface area contributed by atoms with Gasteiger partial charge in [-0.05, 0) is 24.3 Å². The summed E-state index contributed by atoms with van der Waals surface area (Å²) in [7, 11) is 3.17. The molecule has 2 aliphatic rings. The molecule has 0 unspecified atom stereocenters. The van der Waals surface area contributed by atoms with E-state index < -0.39 is 5.66 Å². The fraction of sp³-hybridized carbons (Fsp3) is 0.308. The van der Waals surface area contributed by atoms with Crippen molar-refractivity contribution in [3.63, 3.8) is 0 Å². The summed E-state index contributed by atoms with van der Waals surface area (Å²) >= 11 is 0. The molecule has 3 aromatic rings. The van der Waals surface area contributed by atoms with Gasteiger partial charge in [-0.2, -0.15) is 0 Å². The number of para-hydroxylation sites is 1. The van der Waals surface area contributed by atoms with E-state index in [2.05, 4.69) is 10.6 Å². The molecule has 5 rings (SSSR count). The minimum Gasteiger partial charge on any atom is -0.497 e. The van der Waals surface area contributed by atoms with Gasteiger partial charge < -0.3 is 29.4 Å². The molecule has 3 amide bonds. The van der Waals surface area contributed by atoms with Gasteiger partial charge in [-0.15, -0.1) is 0 Å². The first-order chi connectivity index (χ1) is 17.0. The number of carbonyl (C=O) groups excluding carboxylic acids is 2. The van der Waals surface area contributed by atoms with E-state index in [4.69, 9.17) is 13.9 Å². The van der Waals surface area contributed by atoms with E-state index >= 15 is 0 Å². The van der Waals surface area contributed by atoms with E-state index in [1.807, 2.05) is 42.5 Å². The number of benzene rings is 2. The topological polar surface area (TPSA) is 96.3 Å². The zero-order valence-corrected chi connectivity index (χ0v) is 19.7. The molecular formula is C26H28N4O5. The van der Waals surface area contributed by atoms with Gasteiger partial charge in [0.2, 0.25) is 0 Å². The monoisotopic (exact) mass is 476 g/mol. The van der Waals surface area contributed by atoms with Crippen LogP contribution in [0.3, 0.4) is 0 Å². The van der Waals surface area contributed by atoms with Crippen LogP contribution in [0.4, 0.5) is 16.2 Å². The number of likely N-dealkylation sites (tertiary alicyclic amines) is 1. The molecule has 1 aromatic heterocycles. The summed E-state index contributed by atoms with van der Waals surface area (Å²) in [5.74, 6) is 1.78. The van der Waals surface area contributed by atoms with Crippen molar-refractivity contribution in [1.29, 1.82) is 0 Å². The van der Waals surface area contributed by atoms with E-state index in [0.717, 1.165) is 5.69 Å². The molecular weight excluding hydrogens is 448 g/mol. The molecule has 0 saturated carbocycles. The Labute approximate surface area is 203 Å². The zero-order chi connectivity index (χ0) is 24.4. The second-order valence-electron chi connectivity index (χ2n) is 8.64. The summed E-state index contributed by atoms with van der Waals surface area (Å²) in [6.45, 7) is 1.28. The molecule has 9 nitrogen and oxygen atoms in total. The second-order valence-corrected chi connectivity index (χ2v) is 8.64. The quantitative estimate of drug-likeness (QED) is 0.576. The standard InChI is InChI=1S/C26H28N4O5/c1-33-20-14-18(15-21(16-20)34-2)30-24(31)22-7-3-4-8-23(22)28-26(30)9-11-29(12-10-26)25(32)27-17-19-6-5-13-35-19/h3-8,13-16,28H,9-12,17H2,1-2H3,(H,27,32). The molecule has 2 N–H and O–H groups in total.